The molecule has 0 atom stereocenters. The van der Waals surface area contributed by atoms with Crippen LogP contribution in [0.15, 0.2) is 84.1 Å². The largest absolute Gasteiger partial charge is 0.331 e. The molecular weight excluding hydrogens is 410 g/mol. The van der Waals surface area contributed by atoms with Gasteiger partial charge in [0.15, 0.2) is 0 Å². The van der Waals surface area contributed by atoms with E-state index in [4.69, 9.17) is 0 Å². The van der Waals surface area contributed by atoms with Crippen LogP contribution in [-0.4, -0.2) is 27.7 Å². The van der Waals surface area contributed by atoms with Crippen LogP contribution in [0.2, 0.25) is 0 Å². The van der Waals surface area contributed by atoms with E-state index in [1.54, 1.807) is 60.4 Å². The second-order valence-corrected chi connectivity index (χ2v) is 9.34. The summed E-state index contributed by atoms with van der Waals surface area (Å²) in [5.41, 5.74) is 2.85. The zero-order valence-corrected chi connectivity index (χ0v) is 17.8. The van der Waals surface area contributed by atoms with E-state index in [2.05, 4.69) is 4.98 Å². The van der Waals surface area contributed by atoms with Gasteiger partial charge in [-0.25, -0.2) is 17.4 Å². The van der Waals surface area contributed by atoms with Crippen molar-refractivity contribution in [1.82, 2.24) is 13.5 Å². The second-order valence-electron chi connectivity index (χ2n) is 7.55. The second kappa shape index (κ2) is 6.92. The van der Waals surface area contributed by atoms with Crippen LogP contribution in [0.3, 0.4) is 0 Å². The SMILES string of the molecule is Cc1ccc(S(=O)(=O)n2c3ccccc3c3ccc(C(=O)c4cncn4C)cc32)cc1. The Morgan fingerprint density at radius 3 is 2.32 bits per heavy atom. The van der Waals surface area contributed by atoms with Crippen molar-refractivity contribution in [2.75, 3.05) is 0 Å². The summed E-state index contributed by atoms with van der Waals surface area (Å²) in [6, 6.07) is 19.3. The monoisotopic (exact) mass is 429 g/mol. The van der Waals surface area contributed by atoms with Crippen LogP contribution in [0.4, 0.5) is 0 Å². The molecule has 5 aromatic rings. The van der Waals surface area contributed by atoms with Gasteiger partial charge in [0.1, 0.15) is 5.69 Å². The summed E-state index contributed by atoms with van der Waals surface area (Å²) >= 11 is 0. The minimum Gasteiger partial charge on any atom is -0.331 e. The molecule has 7 heteroatoms. The van der Waals surface area contributed by atoms with Crippen molar-refractivity contribution in [1.29, 1.82) is 0 Å². The topological polar surface area (TPSA) is 74.0 Å². The molecule has 0 aliphatic heterocycles. The van der Waals surface area contributed by atoms with Gasteiger partial charge in [0.2, 0.25) is 5.78 Å². The number of benzene rings is 3. The van der Waals surface area contributed by atoms with E-state index < -0.39 is 10.0 Å². The number of para-hydroxylation sites is 1. The molecule has 0 bridgehead atoms. The highest BCUT2D eigenvalue weighted by atomic mass is 32.2. The Bertz CT molecular complexity index is 1580. The van der Waals surface area contributed by atoms with E-state index in [0.29, 0.717) is 22.3 Å². The number of ketones is 1. The van der Waals surface area contributed by atoms with Gasteiger partial charge < -0.3 is 4.57 Å². The van der Waals surface area contributed by atoms with E-state index in [1.165, 1.54) is 10.2 Å². The van der Waals surface area contributed by atoms with Gasteiger partial charge in [-0.1, -0.05) is 48.0 Å². The van der Waals surface area contributed by atoms with Crippen molar-refractivity contribution in [2.45, 2.75) is 11.8 Å². The molecule has 2 heterocycles. The highest BCUT2D eigenvalue weighted by molar-refractivity contribution is 7.90. The zero-order chi connectivity index (χ0) is 21.8. The van der Waals surface area contributed by atoms with E-state index in [9.17, 15) is 13.2 Å². The molecule has 0 unspecified atom stereocenters. The van der Waals surface area contributed by atoms with Crippen molar-refractivity contribution < 1.29 is 13.2 Å². The molecule has 0 saturated carbocycles. The van der Waals surface area contributed by atoms with Crippen LogP contribution >= 0.6 is 0 Å². The Labute approximate surface area is 179 Å². The molecule has 0 N–H and O–H groups in total. The molecule has 0 amide bonds. The molecule has 5 rings (SSSR count). The average Bonchev–Trinajstić information content (AvgIpc) is 3.34. The lowest BCUT2D eigenvalue weighted by atomic mass is 10.1. The third-order valence-electron chi connectivity index (χ3n) is 5.50. The van der Waals surface area contributed by atoms with Crippen LogP contribution < -0.4 is 0 Å². The van der Waals surface area contributed by atoms with E-state index in [-0.39, 0.29) is 10.7 Å². The summed E-state index contributed by atoms with van der Waals surface area (Å²) in [7, 11) is -2.13. The molecule has 31 heavy (non-hydrogen) atoms. The Kier molecular flexibility index (Phi) is 4.30. The number of hydrogen-bond acceptors (Lipinski definition) is 4. The van der Waals surface area contributed by atoms with Crippen molar-refractivity contribution in [3.63, 3.8) is 0 Å². The predicted molar refractivity (Wildman–Crippen MR) is 120 cm³/mol. The first-order chi connectivity index (χ1) is 14.9. The molecule has 2 aromatic heterocycles. The van der Waals surface area contributed by atoms with Crippen molar-refractivity contribution >= 4 is 37.6 Å². The van der Waals surface area contributed by atoms with Crippen molar-refractivity contribution in [2.24, 2.45) is 7.05 Å². The molecule has 0 radical (unpaired) electrons. The number of rotatable bonds is 4. The van der Waals surface area contributed by atoms with Crippen LogP contribution in [0.1, 0.15) is 21.6 Å². The highest BCUT2D eigenvalue weighted by Gasteiger charge is 2.24. The molecule has 154 valence electrons. The van der Waals surface area contributed by atoms with Gasteiger partial charge in [0.05, 0.1) is 28.5 Å². The molecule has 3 aromatic carbocycles. The van der Waals surface area contributed by atoms with Gasteiger partial charge in [-0.05, 0) is 31.2 Å². The van der Waals surface area contributed by atoms with Gasteiger partial charge in [0.25, 0.3) is 10.0 Å². The molecule has 0 fully saturated rings. The molecule has 0 spiro atoms. The first-order valence-corrected chi connectivity index (χ1v) is 11.2. The standard InChI is InChI=1S/C24H19N3O3S/c1-16-7-10-18(11-8-16)31(29,30)27-21-6-4-3-5-19(21)20-12-9-17(13-22(20)27)24(28)23-14-25-15-26(23)2/h3-15H,1-2H3. The Morgan fingerprint density at radius 1 is 0.903 bits per heavy atom. The van der Waals surface area contributed by atoms with Crippen molar-refractivity contribution in [3.05, 3.63) is 96.1 Å². The summed E-state index contributed by atoms with van der Waals surface area (Å²) in [4.78, 5) is 17.2. The molecule has 0 aliphatic rings. The fourth-order valence-corrected chi connectivity index (χ4v) is 5.39. The van der Waals surface area contributed by atoms with Gasteiger partial charge >= 0.3 is 0 Å². The number of nitrogens with zero attached hydrogens (tertiary/aromatic N) is 3. The Morgan fingerprint density at radius 2 is 1.61 bits per heavy atom. The van der Waals surface area contributed by atoms with Crippen LogP contribution in [-0.2, 0) is 17.1 Å². The maximum absolute atomic E-state index is 13.7. The van der Waals surface area contributed by atoms with E-state index in [0.717, 1.165) is 16.3 Å². The molecule has 6 nitrogen and oxygen atoms in total. The lowest BCUT2D eigenvalue weighted by Crippen LogP contribution is -2.13. The van der Waals surface area contributed by atoms with E-state index in [1.807, 2.05) is 31.2 Å². The number of aryl methyl sites for hydroxylation is 2. The third kappa shape index (κ3) is 2.97. The first kappa shape index (κ1) is 19.3. The Balaban J connectivity index is 1.81. The highest BCUT2D eigenvalue weighted by Crippen LogP contribution is 2.33. The van der Waals surface area contributed by atoms with Gasteiger partial charge in [-0.2, -0.15) is 0 Å². The summed E-state index contributed by atoms with van der Waals surface area (Å²) < 4.78 is 30.3. The molecule has 0 saturated heterocycles. The first-order valence-electron chi connectivity index (χ1n) is 9.74. The molecular formula is C24H19N3O3S. The minimum absolute atomic E-state index is 0.198. The number of carbonyl (C=O) groups is 1. The zero-order valence-electron chi connectivity index (χ0n) is 17.0. The smallest absolute Gasteiger partial charge is 0.268 e. The minimum atomic E-state index is -3.88. The normalized spacial score (nSPS) is 11.9. The lowest BCUT2D eigenvalue weighted by Gasteiger charge is -2.10. The summed E-state index contributed by atoms with van der Waals surface area (Å²) in [6.45, 7) is 1.91. The quantitative estimate of drug-likeness (QED) is 0.399. The maximum atomic E-state index is 13.7. The van der Waals surface area contributed by atoms with Crippen LogP contribution in [0.25, 0.3) is 21.8 Å². The predicted octanol–water partition coefficient (Wildman–Crippen LogP) is 4.30. The number of carbonyl (C=O) groups excluding carboxylic acids is 1. The average molecular weight is 430 g/mol. The number of aromatic nitrogens is 3. The fraction of sp³-hybridized carbons (Fsp3) is 0.0833. The summed E-state index contributed by atoms with van der Waals surface area (Å²) in [5, 5.41) is 1.58. The summed E-state index contributed by atoms with van der Waals surface area (Å²) in [6.07, 6.45) is 3.07. The van der Waals surface area contributed by atoms with Gasteiger partial charge in [-0.3, -0.25) is 4.79 Å². The van der Waals surface area contributed by atoms with Gasteiger partial charge in [-0.15, -0.1) is 0 Å². The number of hydrogen-bond donors (Lipinski definition) is 0. The molecule has 0 aliphatic carbocycles. The van der Waals surface area contributed by atoms with Crippen LogP contribution in [0, 0.1) is 6.92 Å². The number of fused-ring (bicyclic) bond motifs is 3. The fourth-order valence-electron chi connectivity index (χ4n) is 3.88. The Hall–Kier alpha value is -3.71. The third-order valence-corrected chi connectivity index (χ3v) is 7.24. The van der Waals surface area contributed by atoms with Crippen molar-refractivity contribution in [3.8, 4) is 0 Å². The van der Waals surface area contributed by atoms with Crippen LogP contribution in [0.5, 0.6) is 0 Å². The maximum Gasteiger partial charge on any atom is 0.268 e. The van der Waals surface area contributed by atoms with E-state index >= 15 is 0 Å². The van der Waals surface area contributed by atoms with Gasteiger partial charge in [0, 0.05) is 23.4 Å². The number of imidazole rings is 1. The summed E-state index contributed by atoms with van der Waals surface area (Å²) in [5.74, 6) is -0.216. The lowest BCUT2D eigenvalue weighted by molar-refractivity contribution is 0.103.